The van der Waals surface area contributed by atoms with Gasteiger partial charge >= 0.3 is 0 Å². The van der Waals surface area contributed by atoms with Crippen molar-refractivity contribution in [3.05, 3.63) is 59.0 Å². The van der Waals surface area contributed by atoms with Crippen LogP contribution in [0, 0.1) is 0 Å². The molecule has 0 saturated carbocycles. The summed E-state index contributed by atoms with van der Waals surface area (Å²) < 4.78 is 10.5. The summed E-state index contributed by atoms with van der Waals surface area (Å²) in [5.74, 6) is 1.25. The van der Waals surface area contributed by atoms with Crippen molar-refractivity contribution >= 4 is 34.8 Å². The standard InChI is InChI=1S/C20H19NO4S/c1-4-26-18-17(15-7-5-6-8-16(15)25-3)19(22)21(20(18)23)13-9-11-14(24-2)12-10-13/h5-12H,4H2,1-3H3. The number of methoxy groups -OCH3 is 2. The zero-order valence-corrected chi connectivity index (χ0v) is 15.6. The first kappa shape index (κ1) is 18.1. The van der Waals surface area contributed by atoms with Gasteiger partial charge in [-0.1, -0.05) is 25.1 Å². The Morgan fingerprint density at radius 1 is 0.923 bits per heavy atom. The number of benzene rings is 2. The molecular formula is C20H19NO4S. The van der Waals surface area contributed by atoms with Crippen molar-refractivity contribution in [3.8, 4) is 11.5 Å². The molecule has 2 aromatic rings. The van der Waals surface area contributed by atoms with E-state index in [0.717, 1.165) is 0 Å². The SMILES string of the molecule is CCSC1=C(c2ccccc2OC)C(=O)N(c2ccc(OC)cc2)C1=O. The van der Waals surface area contributed by atoms with Crippen LogP contribution < -0.4 is 14.4 Å². The topological polar surface area (TPSA) is 55.8 Å². The predicted molar refractivity (Wildman–Crippen MR) is 104 cm³/mol. The van der Waals surface area contributed by atoms with Crippen molar-refractivity contribution in [2.45, 2.75) is 6.92 Å². The number of thioether (sulfide) groups is 1. The molecule has 2 aromatic carbocycles. The molecule has 1 aliphatic heterocycles. The van der Waals surface area contributed by atoms with Gasteiger partial charge in [-0.15, -0.1) is 11.8 Å². The fraction of sp³-hybridized carbons (Fsp3) is 0.200. The van der Waals surface area contributed by atoms with Crippen LogP contribution in [0.1, 0.15) is 12.5 Å². The lowest BCUT2D eigenvalue weighted by Crippen LogP contribution is -2.31. The van der Waals surface area contributed by atoms with Crippen LogP contribution in [0.3, 0.4) is 0 Å². The first-order valence-electron chi connectivity index (χ1n) is 8.15. The maximum atomic E-state index is 13.2. The Hall–Kier alpha value is -2.73. The molecule has 0 atom stereocenters. The van der Waals surface area contributed by atoms with E-state index in [1.807, 2.05) is 19.1 Å². The van der Waals surface area contributed by atoms with Crippen LogP contribution in [0.15, 0.2) is 53.4 Å². The fourth-order valence-corrected chi connectivity index (χ4v) is 3.69. The van der Waals surface area contributed by atoms with E-state index in [4.69, 9.17) is 9.47 Å². The van der Waals surface area contributed by atoms with Gasteiger partial charge in [-0.05, 0) is 36.1 Å². The molecule has 0 aromatic heterocycles. The summed E-state index contributed by atoms with van der Waals surface area (Å²) in [5.41, 5.74) is 1.52. The van der Waals surface area contributed by atoms with Crippen molar-refractivity contribution in [2.24, 2.45) is 0 Å². The van der Waals surface area contributed by atoms with E-state index >= 15 is 0 Å². The van der Waals surface area contributed by atoms with Gasteiger partial charge in [0, 0.05) is 5.56 Å². The van der Waals surface area contributed by atoms with Gasteiger partial charge in [0.05, 0.1) is 30.4 Å². The lowest BCUT2D eigenvalue weighted by Gasteiger charge is -2.16. The predicted octanol–water partition coefficient (Wildman–Crippen LogP) is 3.74. The highest BCUT2D eigenvalue weighted by atomic mass is 32.2. The number of nitrogens with zero attached hydrogens (tertiary/aromatic N) is 1. The highest BCUT2D eigenvalue weighted by molar-refractivity contribution is 8.04. The van der Waals surface area contributed by atoms with Gasteiger partial charge < -0.3 is 9.47 Å². The molecule has 0 radical (unpaired) electrons. The summed E-state index contributed by atoms with van der Waals surface area (Å²) in [4.78, 5) is 27.8. The van der Waals surface area contributed by atoms with Gasteiger partial charge in [0.15, 0.2) is 0 Å². The molecule has 0 fully saturated rings. The number of amides is 2. The lowest BCUT2D eigenvalue weighted by atomic mass is 10.0. The molecule has 0 saturated heterocycles. The van der Waals surface area contributed by atoms with Crippen LogP contribution in [-0.2, 0) is 9.59 Å². The van der Waals surface area contributed by atoms with E-state index in [2.05, 4.69) is 0 Å². The van der Waals surface area contributed by atoms with Gasteiger partial charge in [-0.2, -0.15) is 0 Å². The summed E-state index contributed by atoms with van der Waals surface area (Å²) in [7, 11) is 3.12. The zero-order valence-electron chi connectivity index (χ0n) is 14.8. The Balaban J connectivity index is 2.09. The van der Waals surface area contributed by atoms with Crippen LogP contribution in [0.4, 0.5) is 5.69 Å². The largest absolute Gasteiger partial charge is 0.497 e. The lowest BCUT2D eigenvalue weighted by molar-refractivity contribution is -0.119. The minimum atomic E-state index is -0.347. The van der Waals surface area contributed by atoms with E-state index in [9.17, 15) is 9.59 Å². The Morgan fingerprint density at radius 3 is 2.23 bits per heavy atom. The minimum absolute atomic E-state index is 0.312. The number of carbonyl (C=O) groups is 2. The van der Waals surface area contributed by atoms with Crippen LogP contribution in [0.2, 0.25) is 0 Å². The summed E-state index contributed by atoms with van der Waals surface area (Å²) >= 11 is 1.37. The quantitative estimate of drug-likeness (QED) is 0.726. The Labute approximate surface area is 156 Å². The molecule has 0 N–H and O–H groups in total. The van der Waals surface area contributed by atoms with Crippen LogP contribution in [0.25, 0.3) is 5.57 Å². The number of imide groups is 1. The van der Waals surface area contributed by atoms with E-state index in [1.54, 1.807) is 50.6 Å². The maximum Gasteiger partial charge on any atom is 0.272 e. The average molecular weight is 369 g/mol. The van der Waals surface area contributed by atoms with Gasteiger partial charge in [0.1, 0.15) is 11.5 Å². The van der Waals surface area contributed by atoms with Crippen LogP contribution >= 0.6 is 11.8 Å². The second kappa shape index (κ2) is 7.66. The summed E-state index contributed by atoms with van der Waals surface area (Å²) in [6.45, 7) is 1.95. The molecule has 1 aliphatic rings. The third-order valence-electron chi connectivity index (χ3n) is 4.04. The Kier molecular flexibility index (Phi) is 5.32. The van der Waals surface area contributed by atoms with Gasteiger partial charge in [0.25, 0.3) is 11.8 Å². The van der Waals surface area contributed by atoms with E-state index < -0.39 is 0 Å². The molecule has 0 spiro atoms. The Bertz CT molecular complexity index is 874. The van der Waals surface area contributed by atoms with E-state index in [-0.39, 0.29) is 11.8 Å². The van der Waals surface area contributed by atoms with Gasteiger partial charge in [0.2, 0.25) is 0 Å². The normalized spacial score (nSPS) is 14.2. The molecule has 5 nitrogen and oxygen atoms in total. The molecule has 0 aliphatic carbocycles. The van der Waals surface area contributed by atoms with Crippen molar-refractivity contribution in [1.82, 2.24) is 0 Å². The molecule has 0 unspecified atom stereocenters. The Morgan fingerprint density at radius 2 is 1.62 bits per heavy atom. The van der Waals surface area contributed by atoms with Crippen molar-refractivity contribution in [1.29, 1.82) is 0 Å². The number of hydrogen-bond donors (Lipinski definition) is 0. The number of anilines is 1. The van der Waals surface area contributed by atoms with E-state index in [1.165, 1.54) is 16.7 Å². The first-order chi connectivity index (χ1) is 12.6. The number of ether oxygens (including phenoxy) is 2. The van der Waals surface area contributed by atoms with E-state index in [0.29, 0.717) is 39.0 Å². The summed E-state index contributed by atoms with van der Waals surface area (Å²) in [6, 6.07) is 14.1. The monoisotopic (exact) mass is 369 g/mol. The van der Waals surface area contributed by atoms with Crippen molar-refractivity contribution in [2.75, 3.05) is 24.9 Å². The fourth-order valence-electron chi connectivity index (χ4n) is 2.84. The molecule has 0 bridgehead atoms. The molecule has 2 amide bonds. The van der Waals surface area contributed by atoms with Crippen LogP contribution in [0.5, 0.6) is 11.5 Å². The molecule has 134 valence electrons. The average Bonchev–Trinajstić information content (AvgIpc) is 2.92. The second-order valence-electron chi connectivity index (χ2n) is 5.48. The van der Waals surface area contributed by atoms with Gasteiger partial charge in [-0.25, -0.2) is 4.90 Å². The third-order valence-corrected chi connectivity index (χ3v) is 4.99. The van der Waals surface area contributed by atoms with Crippen molar-refractivity contribution in [3.63, 3.8) is 0 Å². The third kappa shape index (κ3) is 3.08. The molecular weight excluding hydrogens is 350 g/mol. The first-order valence-corrected chi connectivity index (χ1v) is 9.14. The summed E-state index contributed by atoms with van der Waals surface area (Å²) in [6.07, 6.45) is 0. The molecule has 26 heavy (non-hydrogen) atoms. The highest BCUT2D eigenvalue weighted by Crippen LogP contribution is 2.41. The number of para-hydroxylation sites is 1. The highest BCUT2D eigenvalue weighted by Gasteiger charge is 2.40. The molecule has 1 heterocycles. The van der Waals surface area contributed by atoms with Crippen molar-refractivity contribution < 1.29 is 19.1 Å². The zero-order chi connectivity index (χ0) is 18.7. The van der Waals surface area contributed by atoms with Crippen LogP contribution in [-0.4, -0.2) is 31.8 Å². The molecule has 6 heteroatoms. The number of hydrogen-bond acceptors (Lipinski definition) is 5. The second-order valence-corrected chi connectivity index (χ2v) is 6.76. The number of rotatable bonds is 6. The van der Waals surface area contributed by atoms with Gasteiger partial charge in [-0.3, -0.25) is 9.59 Å². The number of carbonyl (C=O) groups excluding carboxylic acids is 2. The smallest absolute Gasteiger partial charge is 0.272 e. The molecule has 3 rings (SSSR count). The minimum Gasteiger partial charge on any atom is -0.497 e. The maximum absolute atomic E-state index is 13.2. The summed E-state index contributed by atoms with van der Waals surface area (Å²) in [5, 5.41) is 0.